The highest BCUT2D eigenvalue weighted by molar-refractivity contribution is 5.85. The fourth-order valence-corrected chi connectivity index (χ4v) is 3.51. The molecule has 1 aromatic carbocycles. The lowest BCUT2D eigenvalue weighted by Crippen LogP contribution is -2.41. The van der Waals surface area contributed by atoms with Crippen molar-refractivity contribution in [3.05, 3.63) is 30.3 Å². The van der Waals surface area contributed by atoms with Gasteiger partial charge in [-0.3, -0.25) is 9.59 Å². The number of benzene rings is 1. The zero-order valence-electron chi connectivity index (χ0n) is 13.1. The van der Waals surface area contributed by atoms with Crippen molar-refractivity contribution < 1.29 is 14.3 Å². The summed E-state index contributed by atoms with van der Waals surface area (Å²) < 4.78 is 5.35. The Labute approximate surface area is 136 Å². The van der Waals surface area contributed by atoms with Crippen molar-refractivity contribution in [2.45, 2.75) is 18.9 Å². The van der Waals surface area contributed by atoms with Gasteiger partial charge in [-0.05, 0) is 36.8 Å². The Hall–Kier alpha value is -2.08. The van der Waals surface area contributed by atoms with Gasteiger partial charge in [0.1, 0.15) is 5.75 Å². The average Bonchev–Trinajstić information content (AvgIpc) is 3.14. The summed E-state index contributed by atoms with van der Waals surface area (Å²) >= 11 is 0. The maximum absolute atomic E-state index is 12.2. The van der Waals surface area contributed by atoms with Gasteiger partial charge in [0.2, 0.25) is 5.91 Å². The Kier molecular flexibility index (Phi) is 4.81. The number of carbonyl (C=O) groups excluding carboxylic acids is 2. The number of hydrogen-bond donors (Lipinski definition) is 2. The van der Waals surface area contributed by atoms with Gasteiger partial charge in [0.05, 0.1) is 6.54 Å². The SMILES string of the molecule is NC1CCC2CN(C(=O)CNC(=O)COc3ccccc3)CC12. The summed E-state index contributed by atoms with van der Waals surface area (Å²) in [5.74, 6) is 1.26. The van der Waals surface area contributed by atoms with Crippen LogP contribution in [0.15, 0.2) is 30.3 Å². The number of nitrogens with two attached hydrogens (primary N) is 1. The van der Waals surface area contributed by atoms with Gasteiger partial charge in [0.25, 0.3) is 5.91 Å². The van der Waals surface area contributed by atoms with Crippen LogP contribution in [0.5, 0.6) is 5.75 Å². The number of rotatable bonds is 5. The molecule has 124 valence electrons. The smallest absolute Gasteiger partial charge is 0.258 e. The number of hydrogen-bond acceptors (Lipinski definition) is 4. The van der Waals surface area contributed by atoms with E-state index >= 15 is 0 Å². The average molecular weight is 317 g/mol. The van der Waals surface area contributed by atoms with Crippen molar-refractivity contribution in [3.8, 4) is 5.75 Å². The van der Waals surface area contributed by atoms with Crippen molar-refractivity contribution in [2.75, 3.05) is 26.2 Å². The number of nitrogens with one attached hydrogen (secondary N) is 1. The summed E-state index contributed by atoms with van der Waals surface area (Å²) in [5, 5.41) is 2.62. The highest BCUT2D eigenvalue weighted by atomic mass is 16.5. The number of para-hydroxylation sites is 1. The molecule has 3 unspecified atom stereocenters. The van der Waals surface area contributed by atoms with Crippen molar-refractivity contribution in [2.24, 2.45) is 17.6 Å². The van der Waals surface area contributed by atoms with E-state index in [1.807, 2.05) is 23.1 Å². The second-order valence-corrected chi connectivity index (χ2v) is 6.34. The van der Waals surface area contributed by atoms with Crippen LogP contribution in [0, 0.1) is 11.8 Å². The van der Waals surface area contributed by atoms with Gasteiger partial charge in [0, 0.05) is 19.1 Å². The van der Waals surface area contributed by atoms with Crippen LogP contribution in [0.3, 0.4) is 0 Å². The van der Waals surface area contributed by atoms with E-state index in [0.717, 1.165) is 25.9 Å². The summed E-state index contributed by atoms with van der Waals surface area (Å²) in [4.78, 5) is 25.8. The molecule has 1 aliphatic carbocycles. The number of ether oxygens (including phenoxy) is 1. The van der Waals surface area contributed by atoms with E-state index in [1.165, 1.54) is 0 Å². The predicted molar refractivity (Wildman–Crippen MR) is 85.7 cm³/mol. The van der Waals surface area contributed by atoms with Gasteiger partial charge < -0.3 is 20.7 Å². The van der Waals surface area contributed by atoms with Crippen molar-refractivity contribution in [3.63, 3.8) is 0 Å². The number of carbonyl (C=O) groups is 2. The van der Waals surface area contributed by atoms with Crippen LogP contribution in [-0.2, 0) is 9.59 Å². The summed E-state index contributed by atoms with van der Waals surface area (Å²) in [5.41, 5.74) is 6.08. The van der Waals surface area contributed by atoms with Crippen LogP contribution in [0.25, 0.3) is 0 Å². The summed E-state index contributed by atoms with van der Waals surface area (Å²) in [6, 6.07) is 9.34. The van der Waals surface area contributed by atoms with Crippen LogP contribution >= 0.6 is 0 Å². The Morgan fingerprint density at radius 2 is 2.00 bits per heavy atom. The molecule has 1 saturated heterocycles. The lowest BCUT2D eigenvalue weighted by Gasteiger charge is -2.19. The van der Waals surface area contributed by atoms with Gasteiger partial charge in [-0.1, -0.05) is 18.2 Å². The quantitative estimate of drug-likeness (QED) is 0.822. The summed E-state index contributed by atoms with van der Waals surface area (Å²) in [7, 11) is 0. The molecule has 0 spiro atoms. The molecule has 1 aliphatic heterocycles. The number of nitrogens with zero attached hydrogens (tertiary/aromatic N) is 1. The minimum Gasteiger partial charge on any atom is -0.484 e. The molecular formula is C17H23N3O3. The number of likely N-dealkylation sites (tertiary alicyclic amines) is 1. The van der Waals surface area contributed by atoms with Crippen LogP contribution < -0.4 is 15.8 Å². The van der Waals surface area contributed by atoms with Crippen LogP contribution in [0.4, 0.5) is 0 Å². The van der Waals surface area contributed by atoms with E-state index < -0.39 is 0 Å². The zero-order valence-corrected chi connectivity index (χ0v) is 13.1. The van der Waals surface area contributed by atoms with Gasteiger partial charge in [0.15, 0.2) is 6.61 Å². The van der Waals surface area contributed by atoms with E-state index in [4.69, 9.17) is 10.5 Å². The van der Waals surface area contributed by atoms with Gasteiger partial charge >= 0.3 is 0 Å². The van der Waals surface area contributed by atoms with E-state index in [2.05, 4.69) is 5.32 Å². The molecule has 0 bridgehead atoms. The van der Waals surface area contributed by atoms with Crippen molar-refractivity contribution >= 4 is 11.8 Å². The van der Waals surface area contributed by atoms with E-state index in [0.29, 0.717) is 17.6 Å². The van der Waals surface area contributed by atoms with E-state index in [-0.39, 0.29) is 31.0 Å². The predicted octanol–water partition coefficient (Wildman–Crippen LogP) is 0.377. The summed E-state index contributed by atoms with van der Waals surface area (Å²) in [6.45, 7) is 1.42. The lowest BCUT2D eigenvalue weighted by atomic mass is 9.98. The second-order valence-electron chi connectivity index (χ2n) is 6.34. The molecule has 2 amide bonds. The number of fused-ring (bicyclic) bond motifs is 1. The van der Waals surface area contributed by atoms with E-state index in [9.17, 15) is 9.59 Å². The largest absolute Gasteiger partial charge is 0.484 e. The molecule has 3 N–H and O–H groups in total. The Morgan fingerprint density at radius 1 is 1.22 bits per heavy atom. The summed E-state index contributed by atoms with van der Waals surface area (Å²) in [6.07, 6.45) is 2.16. The molecule has 2 aliphatic rings. The molecule has 6 heteroatoms. The molecule has 1 saturated carbocycles. The highest BCUT2D eigenvalue weighted by Crippen LogP contribution is 2.36. The van der Waals surface area contributed by atoms with Gasteiger partial charge in [-0.2, -0.15) is 0 Å². The maximum atomic E-state index is 12.2. The van der Waals surface area contributed by atoms with Gasteiger partial charge in [-0.25, -0.2) is 0 Å². The van der Waals surface area contributed by atoms with E-state index in [1.54, 1.807) is 12.1 Å². The Morgan fingerprint density at radius 3 is 2.74 bits per heavy atom. The molecule has 2 fully saturated rings. The standard InChI is InChI=1S/C17H23N3O3/c18-15-7-6-12-9-20(10-14(12)15)17(22)8-19-16(21)11-23-13-4-2-1-3-5-13/h1-5,12,14-15H,6-11,18H2,(H,19,21). The van der Waals surface area contributed by atoms with Crippen LogP contribution in [-0.4, -0.2) is 49.0 Å². The minimum atomic E-state index is -0.293. The highest BCUT2D eigenvalue weighted by Gasteiger charge is 2.42. The number of amides is 2. The first-order chi connectivity index (χ1) is 11.1. The molecule has 3 rings (SSSR count). The first kappa shape index (κ1) is 15.8. The maximum Gasteiger partial charge on any atom is 0.258 e. The molecule has 0 aromatic heterocycles. The Balaban J connectivity index is 1.38. The zero-order chi connectivity index (χ0) is 16.2. The molecule has 0 radical (unpaired) electrons. The fraction of sp³-hybridized carbons (Fsp3) is 0.529. The third kappa shape index (κ3) is 3.82. The Bertz CT molecular complexity index is 563. The topological polar surface area (TPSA) is 84.7 Å². The molecule has 23 heavy (non-hydrogen) atoms. The van der Waals surface area contributed by atoms with Crippen LogP contribution in [0.2, 0.25) is 0 Å². The third-order valence-corrected chi connectivity index (χ3v) is 4.81. The molecule has 6 nitrogen and oxygen atoms in total. The minimum absolute atomic E-state index is 0.0195. The fourth-order valence-electron chi connectivity index (χ4n) is 3.51. The van der Waals surface area contributed by atoms with Gasteiger partial charge in [-0.15, -0.1) is 0 Å². The lowest BCUT2D eigenvalue weighted by molar-refractivity contribution is -0.132. The second kappa shape index (κ2) is 7.00. The normalized spacial score (nSPS) is 26.0. The molecular weight excluding hydrogens is 294 g/mol. The molecule has 3 atom stereocenters. The van der Waals surface area contributed by atoms with Crippen LogP contribution in [0.1, 0.15) is 12.8 Å². The molecule has 1 heterocycles. The first-order valence-corrected chi connectivity index (χ1v) is 8.11. The van der Waals surface area contributed by atoms with Crippen molar-refractivity contribution in [1.82, 2.24) is 10.2 Å². The first-order valence-electron chi connectivity index (χ1n) is 8.11. The monoisotopic (exact) mass is 317 g/mol. The van der Waals surface area contributed by atoms with Crippen molar-refractivity contribution in [1.29, 1.82) is 0 Å². The molecule has 1 aromatic rings. The third-order valence-electron chi connectivity index (χ3n) is 4.81.